The fraction of sp³-hybridized carbons (Fsp3) is 0.462. The van der Waals surface area contributed by atoms with E-state index < -0.39 is 0 Å². The van der Waals surface area contributed by atoms with Crippen LogP contribution in [0.5, 0.6) is 0 Å². The maximum absolute atomic E-state index is 5.76. The zero-order chi connectivity index (χ0) is 11.8. The molecule has 2 rings (SSSR count). The fourth-order valence-electron chi connectivity index (χ4n) is 1.41. The van der Waals surface area contributed by atoms with E-state index in [1.165, 1.54) is 0 Å². The van der Waals surface area contributed by atoms with E-state index in [-0.39, 0.29) is 5.41 Å². The Kier molecular flexibility index (Phi) is 2.56. The van der Waals surface area contributed by atoms with Gasteiger partial charge < -0.3 is 4.42 Å². The van der Waals surface area contributed by atoms with Gasteiger partial charge in [-0.15, -0.1) is 0 Å². The molecule has 1 aromatic rings. The number of fused-ring (bicyclic) bond motifs is 1. The van der Waals surface area contributed by atoms with Crippen LogP contribution in [0.2, 0.25) is 0 Å². The summed E-state index contributed by atoms with van der Waals surface area (Å²) in [4.78, 5) is 8.64. The predicted octanol–water partition coefficient (Wildman–Crippen LogP) is 3.42. The molecular weight excluding hydrogens is 200 g/mol. The Morgan fingerprint density at radius 1 is 1.38 bits per heavy atom. The topological polar surface area (TPSA) is 38.4 Å². The largest absolute Gasteiger partial charge is 0.440 e. The van der Waals surface area contributed by atoms with Gasteiger partial charge in [-0.25, -0.2) is 9.98 Å². The molecule has 0 spiro atoms. The lowest BCUT2D eigenvalue weighted by Gasteiger charge is -2.11. The maximum Gasteiger partial charge on any atom is 0.200 e. The van der Waals surface area contributed by atoms with E-state index in [9.17, 15) is 0 Å². The van der Waals surface area contributed by atoms with Gasteiger partial charge in [0.05, 0.1) is 5.70 Å². The molecule has 0 fully saturated rings. The van der Waals surface area contributed by atoms with Gasteiger partial charge in [0.15, 0.2) is 5.76 Å². The summed E-state index contributed by atoms with van der Waals surface area (Å²) < 4.78 is 5.76. The number of aromatic nitrogens is 1. The molecule has 3 nitrogen and oxygen atoms in total. The van der Waals surface area contributed by atoms with Gasteiger partial charge >= 0.3 is 0 Å². The highest BCUT2D eigenvalue weighted by atomic mass is 16.4. The van der Waals surface area contributed by atoms with Crippen LogP contribution in [-0.4, -0.2) is 10.9 Å². The third-order valence-electron chi connectivity index (χ3n) is 2.39. The summed E-state index contributed by atoms with van der Waals surface area (Å²) in [5.41, 5.74) is 1.71. The Morgan fingerprint density at radius 3 is 2.75 bits per heavy atom. The summed E-state index contributed by atoms with van der Waals surface area (Å²) in [7, 11) is 0. The Balaban J connectivity index is 2.51. The van der Waals surface area contributed by atoms with Gasteiger partial charge in [-0.3, -0.25) is 0 Å². The standard InChI is InChI=1S/C13H16N2O/c1-5-9-8-11-10(6-7-14-9)15-12(16-11)13(2,3)4/h6,8H,5H2,1-4H3. The molecule has 1 aliphatic rings. The molecule has 0 amide bonds. The molecule has 0 atom stereocenters. The monoisotopic (exact) mass is 216 g/mol. The van der Waals surface area contributed by atoms with E-state index in [4.69, 9.17) is 4.42 Å². The Bertz CT molecular complexity index is 494. The Morgan fingerprint density at radius 2 is 2.12 bits per heavy atom. The number of rotatable bonds is 1. The molecule has 0 aromatic carbocycles. The van der Waals surface area contributed by atoms with Crippen molar-refractivity contribution in [2.75, 3.05) is 0 Å². The van der Waals surface area contributed by atoms with Crippen LogP contribution in [-0.2, 0) is 5.41 Å². The number of nitrogens with zero attached hydrogens (tertiary/aromatic N) is 2. The van der Waals surface area contributed by atoms with Crippen molar-refractivity contribution in [2.45, 2.75) is 39.5 Å². The Hall–Kier alpha value is -1.60. The van der Waals surface area contributed by atoms with Gasteiger partial charge in [0.25, 0.3) is 0 Å². The van der Waals surface area contributed by atoms with Crippen molar-refractivity contribution in [3.63, 3.8) is 0 Å². The first-order valence-corrected chi connectivity index (χ1v) is 5.52. The van der Waals surface area contributed by atoms with E-state index >= 15 is 0 Å². The Labute approximate surface area is 95.6 Å². The van der Waals surface area contributed by atoms with Gasteiger partial charge in [0.2, 0.25) is 5.89 Å². The van der Waals surface area contributed by atoms with Crippen molar-refractivity contribution < 1.29 is 4.42 Å². The second-order valence-electron chi connectivity index (χ2n) is 4.89. The maximum atomic E-state index is 5.76. The minimum absolute atomic E-state index is 0.0720. The van der Waals surface area contributed by atoms with Crippen LogP contribution in [0.3, 0.4) is 0 Å². The molecule has 0 unspecified atom stereocenters. The lowest BCUT2D eigenvalue weighted by atomic mass is 9.97. The van der Waals surface area contributed by atoms with Gasteiger partial charge in [0, 0.05) is 17.6 Å². The van der Waals surface area contributed by atoms with Crippen LogP contribution in [0.1, 0.15) is 51.5 Å². The highest BCUT2D eigenvalue weighted by Crippen LogP contribution is 2.27. The summed E-state index contributed by atoms with van der Waals surface area (Å²) in [5, 5.41) is 0. The number of hydrogen-bond acceptors (Lipinski definition) is 3. The number of hydrogen-bond donors (Lipinski definition) is 0. The molecule has 0 bridgehead atoms. The summed E-state index contributed by atoms with van der Waals surface area (Å²) in [6.45, 7) is 8.31. The van der Waals surface area contributed by atoms with Crippen LogP contribution in [0.25, 0.3) is 12.2 Å². The zero-order valence-electron chi connectivity index (χ0n) is 10.2. The molecule has 0 saturated heterocycles. The molecule has 84 valence electrons. The second kappa shape index (κ2) is 3.76. The molecule has 1 aliphatic heterocycles. The van der Waals surface area contributed by atoms with E-state index in [1.807, 2.05) is 6.08 Å². The molecule has 0 aliphatic carbocycles. The van der Waals surface area contributed by atoms with Gasteiger partial charge in [-0.1, -0.05) is 27.7 Å². The van der Waals surface area contributed by atoms with Crippen molar-refractivity contribution in [3.05, 3.63) is 23.0 Å². The molecule has 0 saturated carbocycles. The minimum Gasteiger partial charge on any atom is -0.440 e. The summed E-state index contributed by atoms with van der Waals surface area (Å²) >= 11 is 0. The highest BCUT2D eigenvalue weighted by molar-refractivity contribution is 5.82. The smallest absolute Gasteiger partial charge is 0.200 e. The molecule has 16 heavy (non-hydrogen) atoms. The van der Waals surface area contributed by atoms with Gasteiger partial charge in [0.1, 0.15) is 5.69 Å². The number of oxazole rings is 1. The van der Waals surface area contributed by atoms with Crippen LogP contribution < -0.4 is 0 Å². The van der Waals surface area contributed by atoms with Crippen LogP contribution in [0, 0.1) is 0 Å². The molecule has 3 heteroatoms. The van der Waals surface area contributed by atoms with Crippen molar-refractivity contribution in [3.8, 4) is 0 Å². The van der Waals surface area contributed by atoms with Crippen LogP contribution in [0.4, 0.5) is 0 Å². The SMILES string of the molecule is CCC1=Cc2oc(C(C)(C)C)nc2C=C=N1. The lowest BCUT2D eigenvalue weighted by molar-refractivity contribution is 0.388. The molecule has 2 heterocycles. The molecule has 0 radical (unpaired) electrons. The van der Waals surface area contributed by atoms with Crippen LogP contribution in [0.15, 0.2) is 15.1 Å². The summed E-state index contributed by atoms with van der Waals surface area (Å²) in [5.74, 6) is 4.42. The van der Waals surface area contributed by atoms with E-state index in [1.54, 1.807) is 6.08 Å². The minimum atomic E-state index is -0.0720. The first-order valence-electron chi connectivity index (χ1n) is 5.52. The van der Waals surface area contributed by atoms with Crippen molar-refractivity contribution in [2.24, 2.45) is 4.99 Å². The average Bonchev–Trinajstić information content (AvgIpc) is 2.51. The van der Waals surface area contributed by atoms with Crippen molar-refractivity contribution in [1.82, 2.24) is 4.98 Å². The normalized spacial score (nSPS) is 14.6. The van der Waals surface area contributed by atoms with E-state index in [0.717, 1.165) is 29.5 Å². The predicted molar refractivity (Wildman–Crippen MR) is 65.4 cm³/mol. The van der Waals surface area contributed by atoms with Crippen LogP contribution >= 0.6 is 0 Å². The second-order valence-corrected chi connectivity index (χ2v) is 4.89. The first kappa shape index (κ1) is 10.9. The molecule has 1 aromatic heterocycles. The van der Waals surface area contributed by atoms with Gasteiger partial charge in [-0.05, 0) is 12.3 Å². The van der Waals surface area contributed by atoms with Crippen molar-refractivity contribution in [1.29, 1.82) is 0 Å². The lowest BCUT2D eigenvalue weighted by Crippen LogP contribution is -2.11. The summed E-state index contributed by atoms with van der Waals surface area (Å²) in [6.07, 6.45) is 4.58. The third-order valence-corrected chi connectivity index (χ3v) is 2.39. The summed E-state index contributed by atoms with van der Waals surface area (Å²) in [6, 6.07) is 0. The third kappa shape index (κ3) is 2.00. The zero-order valence-corrected chi connectivity index (χ0v) is 10.2. The van der Waals surface area contributed by atoms with E-state index in [0.29, 0.717) is 0 Å². The van der Waals surface area contributed by atoms with E-state index in [2.05, 4.69) is 43.5 Å². The number of allylic oxidation sites excluding steroid dienone is 1. The highest BCUT2D eigenvalue weighted by Gasteiger charge is 2.22. The quantitative estimate of drug-likeness (QED) is 0.721. The molecule has 0 N–H and O–H groups in total. The van der Waals surface area contributed by atoms with Crippen molar-refractivity contribution >= 4 is 18.0 Å². The van der Waals surface area contributed by atoms with Gasteiger partial charge in [-0.2, -0.15) is 0 Å². The number of aliphatic imine (C=N–C) groups is 1. The molecular formula is C13H16N2O. The fourth-order valence-corrected chi connectivity index (χ4v) is 1.41. The average molecular weight is 216 g/mol. The first-order chi connectivity index (χ1) is 7.50.